The van der Waals surface area contributed by atoms with Crippen LogP contribution >= 0.6 is 0 Å². The number of benzene rings is 1. The van der Waals surface area contributed by atoms with Crippen LogP contribution in [0.1, 0.15) is 34.1 Å². The molecule has 6 rings (SSSR count). The standard InChI is InChI=1S/C28H22N6O2/c1-28(16-29)17-36-15-20-6-5-18(10-23(20)28)27(35)31-13-21-11-25-19(12-30-21)7-8-24(33-25)22-14-32-34-9-3-2-4-26(22)34/h2-12,14H,13,15,17H2,1H3,(H,31,35)/t28-/m1/s1. The third-order valence-electron chi connectivity index (χ3n) is 6.62. The molecule has 0 saturated carbocycles. The summed E-state index contributed by atoms with van der Waals surface area (Å²) in [6.07, 6.45) is 5.48. The second-order valence-corrected chi connectivity index (χ2v) is 9.14. The first kappa shape index (κ1) is 21.9. The van der Waals surface area contributed by atoms with Gasteiger partial charge in [-0.15, -0.1) is 0 Å². The number of carbonyl (C=O) groups excluding carboxylic acids is 1. The summed E-state index contributed by atoms with van der Waals surface area (Å²) in [5.41, 5.74) is 5.77. The highest BCUT2D eigenvalue weighted by molar-refractivity contribution is 5.94. The van der Waals surface area contributed by atoms with Crippen molar-refractivity contribution in [3.63, 3.8) is 0 Å². The molecule has 176 valence electrons. The Hall–Kier alpha value is -4.61. The number of aromatic nitrogens is 4. The molecule has 8 nitrogen and oxygen atoms in total. The second-order valence-electron chi connectivity index (χ2n) is 9.14. The van der Waals surface area contributed by atoms with E-state index in [1.807, 2.05) is 66.3 Å². The minimum Gasteiger partial charge on any atom is -0.375 e. The van der Waals surface area contributed by atoms with Crippen LogP contribution in [0.25, 0.3) is 27.7 Å². The van der Waals surface area contributed by atoms with E-state index in [0.29, 0.717) is 24.5 Å². The number of nitriles is 1. The van der Waals surface area contributed by atoms with Gasteiger partial charge in [-0.05, 0) is 60.5 Å². The first-order valence-electron chi connectivity index (χ1n) is 11.6. The van der Waals surface area contributed by atoms with Gasteiger partial charge in [-0.3, -0.25) is 9.78 Å². The molecule has 5 aromatic rings. The van der Waals surface area contributed by atoms with Crippen LogP contribution in [0.15, 0.2) is 73.2 Å². The van der Waals surface area contributed by atoms with Crippen molar-refractivity contribution in [2.45, 2.75) is 25.5 Å². The second kappa shape index (κ2) is 8.56. The van der Waals surface area contributed by atoms with Crippen LogP contribution in [0.2, 0.25) is 0 Å². The van der Waals surface area contributed by atoms with E-state index in [0.717, 1.165) is 38.8 Å². The fraction of sp³-hybridized carbons (Fsp3) is 0.179. The molecule has 0 radical (unpaired) electrons. The number of pyridine rings is 3. The van der Waals surface area contributed by atoms with Gasteiger partial charge < -0.3 is 10.1 Å². The van der Waals surface area contributed by atoms with Crippen molar-refractivity contribution in [2.75, 3.05) is 6.61 Å². The molecule has 1 aliphatic heterocycles. The van der Waals surface area contributed by atoms with Crippen LogP contribution in [-0.2, 0) is 23.3 Å². The van der Waals surface area contributed by atoms with E-state index in [2.05, 4.69) is 21.5 Å². The Labute approximate surface area is 207 Å². The van der Waals surface area contributed by atoms with Crippen LogP contribution in [0.3, 0.4) is 0 Å². The van der Waals surface area contributed by atoms with Gasteiger partial charge in [0, 0.05) is 28.9 Å². The molecule has 0 spiro atoms. The number of rotatable bonds is 4. The normalized spacial score (nSPS) is 17.0. The smallest absolute Gasteiger partial charge is 0.251 e. The maximum Gasteiger partial charge on any atom is 0.251 e. The number of carbonyl (C=O) groups is 1. The molecule has 4 aromatic heterocycles. The van der Waals surface area contributed by atoms with E-state index in [-0.39, 0.29) is 12.5 Å². The molecule has 1 N–H and O–H groups in total. The highest BCUT2D eigenvalue weighted by Crippen LogP contribution is 2.32. The molecule has 1 aliphatic rings. The van der Waals surface area contributed by atoms with Gasteiger partial charge in [-0.1, -0.05) is 12.1 Å². The Bertz CT molecular complexity index is 1690. The van der Waals surface area contributed by atoms with Gasteiger partial charge in [0.15, 0.2) is 0 Å². The molecule has 5 heterocycles. The lowest BCUT2D eigenvalue weighted by atomic mass is 9.79. The van der Waals surface area contributed by atoms with Gasteiger partial charge in [0.05, 0.1) is 54.4 Å². The molecule has 0 unspecified atom stereocenters. The topological polar surface area (TPSA) is 105 Å². The van der Waals surface area contributed by atoms with Gasteiger partial charge in [0.25, 0.3) is 5.91 Å². The first-order chi connectivity index (χ1) is 17.5. The van der Waals surface area contributed by atoms with E-state index in [1.54, 1.807) is 18.3 Å². The summed E-state index contributed by atoms with van der Waals surface area (Å²) in [6.45, 7) is 2.85. The average Bonchev–Trinajstić information content (AvgIpc) is 3.35. The Morgan fingerprint density at radius 3 is 3.00 bits per heavy atom. The fourth-order valence-corrected chi connectivity index (χ4v) is 4.60. The van der Waals surface area contributed by atoms with E-state index >= 15 is 0 Å². The van der Waals surface area contributed by atoms with Gasteiger partial charge in [0.2, 0.25) is 0 Å². The molecule has 1 amide bonds. The fourth-order valence-electron chi connectivity index (χ4n) is 4.60. The Balaban J connectivity index is 1.24. The van der Waals surface area contributed by atoms with Gasteiger partial charge in [-0.2, -0.15) is 10.4 Å². The minimum absolute atomic E-state index is 0.223. The van der Waals surface area contributed by atoms with Crippen molar-refractivity contribution in [1.29, 1.82) is 5.26 Å². The average molecular weight is 475 g/mol. The summed E-state index contributed by atoms with van der Waals surface area (Å²) in [5, 5.41) is 17.9. The van der Waals surface area contributed by atoms with E-state index in [9.17, 15) is 10.1 Å². The quantitative estimate of drug-likeness (QED) is 0.419. The highest BCUT2D eigenvalue weighted by atomic mass is 16.5. The van der Waals surface area contributed by atoms with Crippen molar-refractivity contribution in [3.05, 3.63) is 95.6 Å². The summed E-state index contributed by atoms with van der Waals surface area (Å²) >= 11 is 0. The lowest BCUT2D eigenvalue weighted by molar-refractivity contribution is 0.0757. The molecule has 8 heteroatoms. The first-order valence-corrected chi connectivity index (χ1v) is 11.6. The van der Waals surface area contributed by atoms with Crippen molar-refractivity contribution < 1.29 is 9.53 Å². The Morgan fingerprint density at radius 2 is 2.11 bits per heavy atom. The summed E-state index contributed by atoms with van der Waals surface area (Å²) in [6, 6.07) is 19.5. The van der Waals surface area contributed by atoms with Gasteiger partial charge in [-0.25, -0.2) is 9.50 Å². The number of ether oxygens (including phenoxy) is 1. The van der Waals surface area contributed by atoms with Crippen LogP contribution in [-0.4, -0.2) is 32.1 Å². The summed E-state index contributed by atoms with van der Waals surface area (Å²) < 4.78 is 7.38. The third kappa shape index (κ3) is 3.76. The van der Waals surface area contributed by atoms with Crippen LogP contribution in [0.4, 0.5) is 0 Å². The minimum atomic E-state index is -0.770. The third-order valence-corrected chi connectivity index (χ3v) is 6.62. The number of nitrogens with zero attached hydrogens (tertiary/aromatic N) is 5. The SMILES string of the molecule is C[C@@]1(C#N)COCc2ccc(C(=O)NCc3cc4nc(-c5cnn6ccccc56)ccc4cn3)cc21. The number of nitrogens with one attached hydrogen (secondary N) is 1. The molecule has 0 fully saturated rings. The maximum absolute atomic E-state index is 12.9. The number of amides is 1. The molecule has 0 aliphatic carbocycles. The van der Waals surface area contributed by atoms with Crippen molar-refractivity contribution in [2.24, 2.45) is 0 Å². The summed E-state index contributed by atoms with van der Waals surface area (Å²) in [5.74, 6) is -0.223. The predicted molar refractivity (Wildman–Crippen MR) is 134 cm³/mol. The van der Waals surface area contributed by atoms with Crippen LogP contribution < -0.4 is 5.32 Å². The van der Waals surface area contributed by atoms with Crippen molar-refractivity contribution in [1.82, 2.24) is 24.9 Å². The van der Waals surface area contributed by atoms with E-state index in [4.69, 9.17) is 9.72 Å². The lowest BCUT2D eigenvalue weighted by Gasteiger charge is -2.30. The molecule has 0 bridgehead atoms. The number of hydrogen-bond acceptors (Lipinski definition) is 6. The summed E-state index contributed by atoms with van der Waals surface area (Å²) in [4.78, 5) is 22.3. The number of fused-ring (bicyclic) bond motifs is 3. The van der Waals surface area contributed by atoms with E-state index in [1.165, 1.54) is 0 Å². The number of hydrogen-bond donors (Lipinski definition) is 1. The van der Waals surface area contributed by atoms with Gasteiger partial charge >= 0.3 is 0 Å². The monoisotopic (exact) mass is 474 g/mol. The largest absolute Gasteiger partial charge is 0.375 e. The van der Waals surface area contributed by atoms with Crippen molar-refractivity contribution >= 4 is 22.3 Å². The highest BCUT2D eigenvalue weighted by Gasteiger charge is 2.33. The van der Waals surface area contributed by atoms with Crippen LogP contribution in [0, 0.1) is 11.3 Å². The zero-order valence-corrected chi connectivity index (χ0v) is 19.6. The zero-order valence-electron chi connectivity index (χ0n) is 19.6. The van der Waals surface area contributed by atoms with Crippen molar-refractivity contribution in [3.8, 4) is 17.3 Å². The molecule has 1 aromatic carbocycles. The molecular weight excluding hydrogens is 452 g/mol. The molecule has 36 heavy (non-hydrogen) atoms. The predicted octanol–water partition coefficient (Wildman–Crippen LogP) is 4.19. The molecular formula is C28H22N6O2. The molecule has 0 saturated heterocycles. The zero-order chi connectivity index (χ0) is 24.7. The lowest BCUT2D eigenvalue weighted by Crippen LogP contribution is -2.33. The van der Waals surface area contributed by atoms with E-state index < -0.39 is 5.41 Å². The van der Waals surface area contributed by atoms with Gasteiger partial charge in [0.1, 0.15) is 5.41 Å². The molecule has 1 atom stereocenters. The maximum atomic E-state index is 12.9. The Kier molecular flexibility index (Phi) is 5.20. The summed E-state index contributed by atoms with van der Waals surface area (Å²) in [7, 11) is 0. The van der Waals surface area contributed by atoms with Crippen LogP contribution in [0.5, 0.6) is 0 Å². The Morgan fingerprint density at radius 1 is 1.19 bits per heavy atom.